The predicted octanol–water partition coefficient (Wildman–Crippen LogP) is 3.99. The molecule has 1 aromatic carbocycles. The first-order chi connectivity index (χ1) is 17.9. The molecule has 3 heterocycles. The molecule has 0 aliphatic heterocycles. The van der Waals surface area contributed by atoms with Gasteiger partial charge in [0, 0.05) is 36.3 Å². The molecule has 0 aliphatic rings. The monoisotopic (exact) mass is 503 g/mol. The van der Waals surface area contributed by atoms with Crippen molar-refractivity contribution in [2.45, 2.75) is 13.3 Å². The van der Waals surface area contributed by atoms with Gasteiger partial charge in [0.05, 0.1) is 44.3 Å². The van der Waals surface area contributed by atoms with Crippen LogP contribution in [0.5, 0.6) is 5.75 Å². The summed E-state index contributed by atoms with van der Waals surface area (Å²) in [5.74, 6) is -0.773. The van der Waals surface area contributed by atoms with Gasteiger partial charge in [-0.1, -0.05) is 0 Å². The van der Waals surface area contributed by atoms with Crippen molar-refractivity contribution in [3.8, 4) is 23.1 Å². The summed E-state index contributed by atoms with van der Waals surface area (Å²) in [6.07, 6.45) is 4.14. The zero-order valence-electron chi connectivity index (χ0n) is 20.2. The number of hydrogen-bond acceptors (Lipinski definition) is 8. The number of aromatic nitrogens is 4. The van der Waals surface area contributed by atoms with Crippen LogP contribution >= 0.6 is 0 Å². The van der Waals surface area contributed by atoms with Crippen molar-refractivity contribution in [1.82, 2.24) is 19.4 Å². The molecule has 0 radical (unpaired) electrons. The lowest BCUT2D eigenvalue weighted by Crippen LogP contribution is -2.33. The summed E-state index contributed by atoms with van der Waals surface area (Å²) in [7, 11) is 2.58. The van der Waals surface area contributed by atoms with Crippen molar-refractivity contribution in [1.29, 1.82) is 5.26 Å². The SMILES string of the molecule is COC(=O)Nc1ccc(-c2cnc3c(C)nc(C(=O)N(CCC#N)c4ccc(F)c(OC)c4)cn23)cn1. The fourth-order valence-electron chi connectivity index (χ4n) is 3.70. The first kappa shape index (κ1) is 25.1. The summed E-state index contributed by atoms with van der Waals surface area (Å²) in [6, 6.07) is 9.41. The molecule has 4 aromatic rings. The van der Waals surface area contributed by atoms with Crippen molar-refractivity contribution in [2.75, 3.05) is 31.0 Å². The maximum atomic E-state index is 14.0. The van der Waals surface area contributed by atoms with E-state index in [1.807, 2.05) is 6.07 Å². The summed E-state index contributed by atoms with van der Waals surface area (Å²) in [6.45, 7) is 1.79. The van der Waals surface area contributed by atoms with E-state index in [1.165, 1.54) is 37.3 Å². The van der Waals surface area contributed by atoms with Gasteiger partial charge >= 0.3 is 6.09 Å². The number of carbonyl (C=O) groups is 2. The van der Waals surface area contributed by atoms with Gasteiger partial charge in [-0.15, -0.1) is 0 Å². The second-order valence-electron chi connectivity index (χ2n) is 7.78. The van der Waals surface area contributed by atoms with Gasteiger partial charge in [-0.3, -0.25) is 14.5 Å². The number of aryl methyl sites for hydroxylation is 1. The minimum absolute atomic E-state index is 0.0265. The number of nitrogens with zero attached hydrogens (tertiary/aromatic N) is 6. The van der Waals surface area contributed by atoms with Gasteiger partial charge in [-0.25, -0.2) is 24.1 Å². The molecule has 1 N–H and O–H groups in total. The Kier molecular flexibility index (Phi) is 7.24. The predicted molar refractivity (Wildman–Crippen MR) is 132 cm³/mol. The Bertz CT molecular complexity index is 1510. The molecule has 11 nitrogen and oxygen atoms in total. The molecule has 2 amide bonds. The number of hydrogen-bond donors (Lipinski definition) is 1. The van der Waals surface area contributed by atoms with E-state index in [0.717, 1.165) is 0 Å². The maximum absolute atomic E-state index is 14.0. The highest BCUT2D eigenvalue weighted by molar-refractivity contribution is 6.05. The van der Waals surface area contributed by atoms with E-state index in [1.54, 1.807) is 42.0 Å². The van der Waals surface area contributed by atoms with Gasteiger partial charge in [-0.05, 0) is 31.2 Å². The van der Waals surface area contributed by atoms with Crippen LogP contribution in [0.4, 0.5) is 20.7 Å². The number of amides is 2. The lowest BCUT2D eigenvalue weighted by Gasteiger charge is -2.22. The lowest BCUT2D eigenvalue weighted by molar-refractivity contribution is 0.0982. The van der Waals surface area contributed by atoms with Crippen molar-refractivity contribution < 1.29 is 23.5 Å². The maximum Gasteiger partial charge on any atom is 0.412 e. The van der Waals surface area contributed by atoms with Crippen molar-refractivity contribution in [3.05, 3.63) is 66.1 Å². The number of methoxy groups -OCH3 is 2. The largest absolute Gasteiger partial charge is 0.494 e. The number of fused-ring (bicyclic) bond motifs is 1. The minimum Gasteiger partial charge on any atom is -0.494 e. The number of anilines is 2. The van der Waals surface area contributed by atoms with Crippen LogP contribution in [0, 0.1) is 24.1 Å². The highest BCUT2D eigenvalue weighted by atomic mass is 19.1. The molecular formula is C25H22FN7O4. The fourth-order valence-corrected chi connectivity index (χ4v) is 3.70. The second kappa shape index (κ2) is 10.7. The molecule has 0 unspecified atom stereocenters. The van der Waals surface area contributed by atoms with Crippen LogP contribution in [0.3, 0.4) is 0 Å². The minimum atomic E-state index is -0.639. The van der Waals surface area contributed by atoms with E-state index in [-0.39, 0.29) is 24.4 Å². The Morgan fingerprint density at radius 1 is 1.19 bits per heavy atom. The third-order valence-corrected chi connectivity index (χ3v) is 5.49. The summed E-state index contributed by atoms with van der Waals surface area (Å²) < 4.78 is 25.3. The van der Waals surface area contributed by atoms with E-state index >= 15 is 0 Å². The fraction of sp³-hybridized carbons (Fsp3) is 0.200. The van der Waals surface area contributed by atoms with Crippen LogP contribution in [0.15, 0.2) is 48.9 Å². The standard InChI is InChI=1S/C25H22FN7O4/c1-15-23-29-13-20(16-5-8-22(28-12-16)31-25(35)37-3)33(23)14-19(30-15)24(34)32(10-4-9-27)17-6-7-18(26)21(11-17)36-2/h5-8,11-14H,4,10H2,1-3H3,(H,28,31,35). The zero-order chi connectivity index (χ0) is 26.5. The molecule has 0 atom stereocenters. The summed E-state index contributed by atoms with van der Waals surface area (Å²) in [5.41, 5.74) is 2.82. The smallest absolute Gasteiger partial charge is 0.412 e. The average molecular weight is 503 g/mol. The number of benzene rings is 1. The topological polar surface area (TPSA) is 135 Å². The Morgan fingerprint density at radius 3 is 2.68 bits per heavy atom. The van der Waals surface area contributed by atoms with Crippen molar-refractivity contribution >= 4 is 29.2 Å². The number of nitriles is 1. The van der Waals surface area contributed by atoms with Crippen molar-refractivity contribution in [2.24, 2.45) is 0 Å². The first-order valence-corrected chi connectivity index (χ1v) is 11.0. The van der Waals surface area contributed by atoms with E-state index in [9.17, 15) is 14.0 Å². The summed E-state index contributed by atoms with van der Waals surface area (Å²) in [5, 5.41) is 11.6. The third kappa shape index (κ3) is 5.15. The Morgan fingerprint density at radius 2 is 2.00 bits per heavy atom. The molecule has 188 valence electrons. The van der Waals surface area contributed by atoms with E-state index < -0.39 is 17.8 Å². The normalized spacial score (nSPS) is 10.6. The zero-order valence-corrected chi connectivity index (χ0v) is 20.2. The number of imidazole rings is 1. The van der Waals surface area contributed by atoms with Crippen LogP contribution in [-0.4, -0.2) is 52.1 Å². The number of nitrogens with one attached hydrogen (secondary N) is 1. The lowest BCUT2D eigenvalue weighted by atomic mass is 10.2. The highest BCUT2D eigenvalue weighted by Crippen LogP contribution is 2.27. The highest BCUT2D eigenvalue weighted by Gasteiger charge is 2.23. The molecule has 12 heteroatoms. The molecular weight excluding hydrogens is 481 g/mol. The van der Waals surface area contributed by atoms with Crippen LogP contribution in [-0.2, 0) is 4.74 Å². The molecule has 4 rings (SSSR count). The summed E-state index contributed by atoms with van der Waals surface area (Å²) >= 11 is 0. The second-order valence-corrected chi connectivity index (χ2v) is 7.78. The van der Waals surface area contributed by atoms with Gasteiger partial charge < -0.3 is 14.4 Å². The molecule has 0 spiro atoms. The number of rotatable bonds is 7. The van der Waals surface area contributed by atoms with Gasteiger partial charge in [0.2, 0.25) is 0 Å². The number of ether oxygens (including phenoxy) is 2. The van der Waals surface area contributed by atoms with Crippen molar-refractivity contribution in [3.63, 3.8) is 0 Å². The molecule has 0 saturated heterocycles. The van der Waals surface area contributed by atoms with Crippen LogP contribution < -0.4 is 15.0 Å². The summed E-state index contributed by atoms with van der Waals surface area (Å²) in [4.78, 5) is 39.4. The third-order valence-electron chi connectivity index (χ3n) is 5.49. The van der Waals surface area contributed by atoms with E-state index in [4.69, 9.17) is 10.00 Å². The van der Waals surface area contributed by atoms with Gasteiger partial charge in [0.15, 0.2) is 17.2 Å². The number of carbonyl (C=O) groups excluding carboxylic acids is 2. The average Bonchev–Trinajstić information content (AvgIpc) is 3.34. The quantitative estimate of drug-likeness (QED) is 0.400. The van der Waals surface area contributed by atoms with Crippen LogP contribution in [0.25, 0.3) is 16.9 Å². The molecule has 0 fully saturated rings. The van der Waals surface area contributed by atoms with E-state index in [2.05, 4.69) is 25.0 Å². The first-order valence-electron chi connectivity index (χ1n) is 11.0. The molecule has 0 bridgehead atoms. The van der Waals surface area contributed by atoms with Crippen LogP contribution in [0.2, 0.25) is 0 Å². The van der Waals surface area contributed by atoms with Gasteiger partial charge in [0.1, 0.15) is 11.5 Å². The number of halogens is 1. The molecule has 0 aliphatic carbocycles. The van der Waals surface area contributed by atoms with Crippen LogP contribution in [0.1, 0.15) is 22.6 Å². The Balaban J connectivity index is 1.73. The molecule has 3 aromatic heterocycles. The van der Waals surface area contributed by atoms with Gasteiger partial charge in [0.25, 0.3) is 5.91 Å². The van der Waals surface area contributed by atoms with Gasteiger partial charge in [-0.2, -0.15) is 5.26 Å². The van der Waals surface area contributed by atoms with E-state index in [0.29, 0.717) is 34.1 Å². The number of pyridine rings is 1. The Labute approximate surface area is 211 Å². The molecule has 37 heavy (non-hydrogen) atoms. The molecule has 0 saturated carbocycles. The Hall–Kier alpha value is -5.05.